The zero-order chi connectivity index (χ0) is 27.8. The van der Waals surface area contributed by atoms with Gasteiger partial charge in [0.2, 0.25) is 0 Å². The smallest absolute Gasteiger partial charge is 0.475 e. The van der Waals surface area contributed by atoms with Crippen molar-refractivity contribution in [2.75, 3.05) is 20.3 Å². The summed E-state index contributed by atoms with van der Waals surface area (Å²) in [5.74, 6) is -4.25. The summed E-state index contributed by atoms with van der Waals surface area (Å²) in [6.07, 6.45) is -1.45. The van der Waals surface area contributed by atoms with E-state index in [0.717, 1.165) is 38.7 Å². The number of pyridine rings is 1. The monoisotopic (exact) mass is 540 g/mol. The Balaban J connectivity index is 0.000000286. The second kappa shape index (κ2) is 12.9. The molecule has 2 aromatic heterocycles. The lowest BCUT2D eigenvalue weighted by Crippen LogP contribution is -2.34. The summed E-state index contributed by atoms with van der Waals surface area (Å²) in [6.45, 7) is 4.73. The Morgan fingerprint density at radius 1 is 1.05 bits per heavy atom. The van der Waals surface area contributed by atoms with Crippen LogP contribution in [0.1, 0.15) is 35.6 Å². The van der Waals surface area contributed by atoms with Crippen LogP contribution in [0.15, 0.2) is 30.7 Å². The number of carbonyl (C=O) groups is 2. The van der Waals surface area contributed by atoms with Gasteiger partial charge in [-0.1, -0.05) is 0 Å². The highest BCUT2D eigenvalue weighted by molar-refractivity contribution is 5.73. The second-order valence-corrected chi connectivity index (χ2v) is 8.48. The predicted octanol–water partition coefficient (Wildman–Crippen LogP) is 3.70. The molecule has 1 saturated carbocycles. The highest BCUT2D eigenvalue weighted by Crippen LogP contribution is 2.33. The summed E-state index contributed by atoms with van der Waals surface area (Å²) >= 11 is 0. The van der Waals surface area contributed by atoms with Crippen LogP contribution < -0.4 is 0 Å². The van der Waals surface area contributed by atoms with Crippen LogP contribution in [0.25, 0.3) is 0 Å². The number of hydrogen-bond donors (Lipinski definition) is 2. The lowest BCUT2D eigenvalue weighted by molar-refractivity contribution is -0.193. The Morgan fingerprint density at radius 2 is 1.59 bits per heavy atom. The van der Waals surface area contributed by atoms with Gasteiger partial charge < -0.3 is 14.9 Å². The van der Waals surface area contributed by atoms with Crippen LogP contribution in [-0.4, -0.2) is 74.4 Å². The van der Waals surface area contributed by atoms with Crippen LogP contribution in [0, 0.1) is 5.92 Å². The largest absolute Gasteiger partial charge is 0.490 e. The van der Waals surface area contributed by atoms with Crippen LogP contribution in [0.3, 0.4) is 0 Å². The third-order valence-electron chi connectivity index (χ3n) is 5.31. The molecule has 0 bridgehead atoms. The first-order valence-electron chi connectivity index (χ1n) is 11.0. The number of aromatic nitrogens is 3. The van der Waals surface area contributed by atoms with Gasteiger partial charge in [-0.05, 0) is 36.5 Å². The van der Waals surface area contributed by atoms with Gasteiger partial charge in [0, 0.05) is 63.4 Å². The third kappa shape index (κ3) is 10.4. The molecule has 4 rings (SSSR count). The number of rotatable bonds is 6. The Bertz CT molecular complexity index is 1000. The molecule has 2 aromatic rings. The number of halogens is 6. The van der Waals surface area contributed by atoms with Gasteiger partial charge in [0.1, 0.15) is 0 Å². The van der Waals surface area contributed by atoms with Crippen LogP contribution in [0.5, 0.6) is 0 Å². The number of ether oxygens (including phenoxy) is 1. The summed E-state index contributed by atoms with van der Waals surface area (Å²) in [6, 6.07) is 4.18. The summed E-state index contributed by atoms with van der Waals surface area (Å²) in [7, 11) is 1.79. The van der Waals surface area contributed by atoms with Crippen molar-refractivity contribution in [2.45, 2.75) is 50.7 Å². The molecular weight excluding hydrogens is 514 g/mol. The molecule has 1 fully saturated rings. The summed E-state index contributed by atoms with van der Waals surface area (Å²) in [4.78, 5) is 24.4. The molecule has 9 nitrogen and oxygen atoms in total. The first-order chi connectivity index (χ1) is 17.2. The van der Waals surface area contributed by atoms with Crippen LogP contribution in [0.2, 0.25) is 0 Å². The third-order valence-corrected chi connectivity index (χ3v) is 5.31. The van der Waals surface area contributed by atoms with E-state index in [9.17, 15) is 26.3 Å². The average Bonchev–Trinajstić information content (AvgIpc) is 3.51. The maximum atomic E-state index is 10.6. The number of carboxylic acids is 2. The highest BCUT2D eigenvalue weighted by Gasteiger charge is 2.39. The summed E-state index contributed by atoms with van der Waals surface area (Å²) in [5.41, 5.74) is 3.92. The molecule has 1 aliphatic carbocycles. The van der Waals surface area contributed by atoms with Gasteiger partial charge >= 0.3 is 24.3 Å². The lowest BCUT2D eigenvalue weighted by Gasteiger charge is -2.31. The quantitative estimate of drug-likeness (QED) is 0.533. The van der Waals surface area contributed by atoms with Crippen LogP contribution in [-0.2, 0) is 34.0 Å². The fraction of sp³-hybridized carbons (Fsp3) is 0.545. The molecule has 1 aliphatic heterocycles. The highest BCUT2D eigenvalue weighted by atomic mass is 19.4. The average molecular weight is 540 g/mol. The molecule has 1 unspecified atom stereocenters. The van der Waals surface area contributed by atoms with Crippen molar-refractivity contribution in [1.82, 2.24) is 19.7 Å². The van der Waals surface area contributed by atoms with Gasteiger partial charge in [0.25, 0.3) is 0 Å². The van der Waals surface area contributed by atoms with Crippen molar-refractivity contribution in [3.8, 4) is 0 Å². The number of alkyl halides is 6. The zero-order valence-corrected chi connectivity index (χ0v) is 19.7. The molecule has 2 aliphatic rings. The fourth-order valence-corrected chi connectivity index (χ4v) is 3.50. The summed E-state index contributed by atoms with van der Waals surface area (Å²) < 4.78 is 71.1. The Morgan fingerprint density at radius 3 is 2.05 bits per heavy atom. The molecule has 3 heterocycles. The van der Waals surface area contributed by atoms with Crippen molar-refractivity contribution in [3.63, 3.8) is 0 Å². The minimum absolute atomic E-state index is 0.415. The van der Waals surface area contributed by atoms with Gasteiger partial charge in [-0.3, -0.25) is 14.6 Å². The van der Waals surface area contributed by atoms with Crippen molar-refractivity contribution < 1.29 is 50.9 Å². The van der Waals surface area contributed by atoms with Crippen LogP contribution >= 0.6 is 0 Å². The molecule has 37 heavy (non-hydrogen) atoms. The van der Waals surface area contributed by atoms with Crippen LogP contribution in [0.4, 0.5) is 26.3 Å². The van der Waals surface area contributed by atoms with E-state index in [1.54, 1.807) is 7.11 Å². The SMILES string of the molecule is COCC1CN(Cc2ccncc2)Cc2nn(CC3CC3)cc21.O=C(O)C(F)(F)F.O=C(O)C(F)(F)F. The van der Waals surface area contributed by atoms with E-state index in [4.69, 9.17) is 29.6 Å². The van der Waals surface area contributed by atoms with Gasteiger partial charge in [-0.25, -0.2) is 9.59 Å². The molecule has 206 valence electrons. The fourth-order valence-electron chi connectivity index (χ4n) is 3.50. The molecule has 0 spiro atoms. The molecule has 2 N–H and O–H groups in total. The topological polar surface area (TPSA) is 118 Å². The van der Waals surface area contributed by atoms with Crippen molar-refractivity contribution in [1.29, 1.82) is 0 Å². The van der Waals surface area contributed by atoms with E-state index >= 15 is 0 Å². The van der Waals surface area contributed by atoms with Crippen molar-refractivity contribution in [3.05, 3.63) is 47.5 Å². The zero-order valence-electron chi connectivity index (χ0n) is 19.7. The molecular formula is C22H26F6N4O5. The standard InChI is InChI=1S/C18H24N4O.2C2HF3O2/c1-23-13-16-10-21(8-15-4-6-19-7-5-15)12-18-17(16)11-22(20-18)9-14-2-3-14;2*3-2(4,5)1(6)7/h4-7,11,14,16H,2-3,8-10,12-13H2,1H3;2*(H,6,7). The molecule has 0 radical (unpaired) electrons. The van der Waals surface area contributed by atoms with Gasteiger partial charge in [-0.15, -0.1) is 0 Å². The van der Waals surface area contributed by atoms with E-state index in [0.29, 0.717) is 5.92 Å². The maximum Gasteiger partial charge on any atom is 0.490 e. The lowest BCUT2D eigenvalue weighted by atomic mass is 9.95. The summed E-state index contributed by atoms with van der Waals surface area (Å²) in [5, 5.41) is 19.1. The van der Waals surface area contributed by atoms with E-state index in [1.165, 1.54) is 29.7 Å². The predicted molar refractivity (Wildman–Crippen MR) is 115 cm³/mol. The molecule has 0 amide bonds. The second-order valence-electron chi connectivity index (χ2n) is 8.48. The van der Waals surface area contributed by atoms with E-state index in [1.807, 2.05) is 12.4 Å². The number of fused-ring (bicyclic) bond motifs is 1. The molecule has 0 saturated heterocycles. The Hall–Kier alpha value is -3.20. The first-order valence-corrected chi connectivity index (χ1v) is 11.0. The Kier molecular flexibility index (Phi) is 10.4. The number of aliphatic carboxylic acids is 2. The van der Waals surface area contributed by atoms with E-state index in [2.05, 4.69) is 32.9 Å². The van der Waals surface area contributed by atoms with E-state index < -0.39 is 24.3 Å². The molecule has 0 aromatic carbocycles. The number of hydrogen-bond acceptors (Lipinski definition) is 6. The Labute approximate surface area is 207 Å². The normalized spacial score (nSPS) is 17.5. The number of methoxy groups -OCH3 is 1. The van der Waals surface area contributed by atoms with Gasteiger partial charge in [-0.2, -0.15) is 31.4 Å². The van der Waals surface area contributed by atoms with Crippen molar-refractivity contribution >= 4 is 11.9 Å². The number of carboxylic acid groups (broad SMARTS) is 2. The van der Waals surface area contributed by atoms with E-state index in [-0.39, 0.29) is 0 Å². The minimum Gasteiger partial charge on any atom is -0.475 e. The van der Waals surface area contributed by atoms with Gasteiger partial charge in [0.05, 0.1) is 12.3 Å². The first kappa shape index (κ1) is 30.0. The van der Waals surface area contributed by atoms with Crippen molar-refractivity contribution in [2.24, 2.45) is 5.92 Å². The number of nitrogens with zero attached hydrogens (tertiary/aromatic N) is 4. The minimum atomic E-state index is -5.08. The molecule has 1 atom stereocenters. The maximum absolute atomic E-state index is 10.6. The van der Waals surface area contributed by atoms with Gasteiger partial charge in [0.15, 0.2) is 0 Å². The molecule has 15 heteroatoms.